The van der Waals surface area contributed by atoms with Crippen LogP contribution in [0, 0.1) is 5.41 Å². The molecule has 0 saturated carbocycles. The Morgan fingerprint density at radius 1 is 1.57 bits per heavy atom. The first-order valence-electron chi connectivity index (χ1n) is 6.49. The highest BCUT2D eigenvalue weighted by Crippen LogP contribution is 2.32. The number of likely N-dealkylation sites (tertiary alicyclic amines) is 1. The number of halogens is 3. The first-order chi connectivity index (χ1) is 9.80. The van der Waals surface area contributed by atoms with Crippen molar-refractivity contribution in [2.45, 2.75) is 26.5 Å². The quantitative estimate of drug-likeness (QED) is 0.871. The minimum absolute atomic E-state index is 0.0885. The summed E-state index contributed by atoms with van der Waals surface area (Å²) in [7, 11) is 0. The number of aliphatic carboxylic acids is 1. The molecule has 0 aliphatic carbocycles. The number of rotatable bonds is 5. The van der Waals surface area contributed by atoms with Gasteiger partial charge in [0, 0.05) is 13.1 Å². The molecular weight excluding hydrogens is 348 g/mol. The van der Waals surface area contributed by atoms with Crippen molar-refractivity contribution < 1.29 is 23.4 Å². The molecule has 1 aliphatic heterocycles. The maximum Gasteiger partial charge on any atom is 0.387 e. The molecule has 1 atom stereocenters. The van der Waals surface area contributed by atoms with E-state index in [2.05, 4.69) is 20.7 Å². The van der Waals surface area contributed by atoms with E-state index in [1.165, 1.54) is 6.07 Å². The highest BCUT2D eigenvalue weighted by atomic mass is 79.9. The third kappa shape index (κ3) is 3.91. The molecule has 2 rings (SSSR count). The van der Waals surface area contributed by atoms with Crippen molar-refractivity contribution in [1.29, 1.82) is 0 Å². The number of carboxylic acid groups (broad SMARTS) is 1. The van der Waals surface area contributed by atoms with Gasteiger partial charge >= 0.3 is 12.6 Å². The van der Waals surface area contributed by atoms with Gasteiger partial charge in [0.05, 0.1) is 9.89 Å². The van der Waals surface area contributed by atoms with E-state index in [0.717, 1.165) is 5.56 Å². The Bertz CT molecular complexity index is 541. The molecule has 21 heavy (non-hydrogen) atoms. The normalized spacial score (nSPS) is 22.7. The minimum Gasteiger partial charge on any atom is -0.481 e. The predicted molar refractivity (Wildman–Crippen MR) is 76.4 cm³/mol. The number of nitrogens with zero attached hydrogens (tertiary/aromatic N) is 1. The summed E-state index contributed by atoms with van der Waals surface area (Å²) in [5.74, 6) is -0.697. The van der Waals surface area contributed by atoms with Crippen molar-refractivity contribution in [2.75, 3.05) is 13.1 Å². The lowest BCUT2D eigenvalue weighted by Crippen LogP contribution is -2.31. The standard InChI is InChI=1S/C14H16BrF2NO3/c1-14(12(19)20)4-5-18(8-14)7-9-2-3-11(10(15)6-9)21-13(16)17/h2-3,6,13H,4-5,7-8H2,1H3,(H,19,20). The zero-order valence-corrected chi connectivity index (χ0v) is 13.1. The molecule has 1 aromatic carbocycles. The van der Waals surface area contributed by atoms with Gasteiger partial charge in [0.2, 0.25) is 0 Å². The molecule has 1 aliphatic rings. The Morgan fingerprint density at radius 3 is 2.81 bits per heavy atom. The third-order valence-electron chi connectivity index (χ3n) is 3.69. The van der Waals surface area contributed by atoms with Crippen LogP contribution in [0.2, 0.25) is 0 Å². The maximum absolute atomic E-state index is 12.2. The van der Waals surface area contributed by atoms with Crippen LogP contribution in [0.1, 0.15) is 18.9 Å². The number of alkyl halides is 2. The Hall–Kier alpha value is -1.21. The second-order valence-corrected chi connectivity index (χ2v) is 6.32. The van der Waals surface area contributed by atoms with Crippen molar-refractivity contribution in [3.05, 3.63) is 28.2 Å². The second kappa shape index (κ2) is 6.27. The maximum atomic E-state index is 12.2. The lowest BCUT2D eigenvalue weighted by atomic mass is 9.90. The van der Waals surface area contributed by atoms with Crippen LogP contribution in [0.5, 0.6) is 5.75 Å². The van der Waals surface area contributed by atoms with Gasteiger partial charge in [0.15, 0.2) is 0 Å². The van der Waals surface area contributed by atoms with Gasteiger partial charge < -0.3 is 9.84 Å². The molecule has 0 spiro atoms. The predicted octanol–water partition coefficient (Wildman–Crippen LogP) is 3.35. The summed E-state index contributed by atoms with van der Waals surface area (Å²) in [5.41, 5.74) is 0.203. The molecule has 0 radical (unpaired) electrons. The highest BCUT2D eigenvalue weighted by Gasteiger charge is 2.40. The average molecular weight is 364 g/mol. The summed E-state index contributed by atoms with van der Waals surface area (Å²) in [6.07, 6.45) is 0.607. The van der Waals surface area contributed by atoms with Crippen LogP contribution in [0.15, 0.2) is 22.7 Å². The van der Waals surface area contributed by atoms with Crippen LogP contribution < -0.4 is 4.74 Å². The average Bonchev–Trinajstić information content (AvgIpc) is 2.75. The Morgan fingerprint density at radius 2 is 2.29 bits per heavy atom. The largest absolute Gasteiger partial charge is 0.481 e. The molecule has 1 fully saturated rings. The number of ether oxygens (including phenoxy) is 1. The van der Waals surface area contributed by atoms with E-state index >= 15 is 0 Å². The monoisotopic (exact) mass is 363 g/mol. The smallest absolute Gasteiger partial charge is 0.387 e. The molecule has 0 bridgehead atoms. The van der Waals surface area contributed by atoms with Gasteiger partial charge in [-0.05, 0) is 53.5 Å². The summed E-state index contributed by atoms with van der Waals surface area (Å²) >= 11 is 3.20. The van der Waals surface area contributed by atoms with E-state index in [1.807, 2.05) is 4.90 Å². The Labute approximate surface area is 129 Å². The van der Waals surface area contributed by atoms with Crippen molar-refractivity contribution in [3.8, 4) is 5.75 Å². The fourth-order valence-corrected chi connectivity index (χ4v) is 2.98. The first-order valence-corrected chi connectivity index (χ1v) is 7.28. The summed E-state index contributed by atoms with van der Waals surface area (Å²) in [6, 6.07) is 4.91. The molecule has 0 aromatic heterocycles. The molecule has 7 heteroatoms. The van der Waals surface area contributed by atoms with Gasteiger partial charge in [-0.2, -0.15) is 8.78 Å². The first kappa shape index (κ1) is 16.2. The number of hydrogen-bond donors (Lipinski definition) is 1. The highest BCUT2D eigenvalue weighted by molar-refractivity contribution is 9.10. The van der Waals surface area contributed by atoms with Crippen molar-refractivity contribution >= 4 is 21.9 Å². The van der Waals surface area contributed by atoms with Crippen LogP contribution >= 0.6 is 15.9 Å². The van der Waals surface area contributed by atoms with Crippen molar-refractivity contribution in [3.63, 3.8) is 0 Å². The summed E-state index contributed by atoms with van der Waals surface area (Å²) in [5, 5.41) is 9.20. The molecule has 1 N–H and O–H groups in total. The van der Waals surface area contributed by atoms with Crippen molar-refractivity contribution in [1.82, 2.24) is 4.90 Å². The van der Waals surface area contributed by atoms with E-state index in [0.29, 0.717) is 30.5 Å². The van der Waals surface area contributed by atoms with Gasteiger partial charge in [0.25, 0.3) is 0 Å². The van der Waals surface area contributed by atoms with E-state index in [-0.39, 0.29) is 5.75 Å². The summed E-state index contributed by atoms with van der Waals surface area (Å²) < 4.78 is 29.2. The summed E-state index contributed by atoms with van der Waals surface area (Å²) in [4.78, 5) is 13.2. The van der Waals surface area contributed by atoms with Gasteiger partial charge in [0.1, 0.15) is 5.75 Å². The van der Waals surface area contributed by atoms with Gasteiger partial charge in [-0.3, -0.25) is 9.69 Å². The van der Waals surface area contributed by atoms with Crippen LogP contribution in [0.25, 0.3) is 0 Å². The minimum atomic E-state index is -2.86. The van der Waals surface area contributed by atoms with Gasteiger partial charge in [-0.15, -0.1) is 0 Å². The van der Waals surface area contributed by atoms with Gasteiger partial charge in [-0.25, -0.2) is 0 Å². The molecular formula is C14H16BrF2NO3. The molecule has 1 aromatic rings. The Kier molecular flexibility index (Phi) is 4.83. The fraction of sp³-hybridized carbons (Fsp3) is 0.500. The SMILES string of the molecule is CC1(C(=O)O)CCN(Cc2ccc(OC(F)F)c(Br)c2)C1. The lowest BCUT2D eigenvalue weighted by Gasteiger charge is -2.20. The number of benzene rings is 1. The third-order valence-corrected chi connectivity index (χ3v) is 4.31. The molecule has 4 nitrogen and oxygen atoms in total. The van der Waals surface area contributed by atoms with Crippen LogP contribution in [-0.4, -0.2) is 35.7 Å². The topological polar surface area (TPSA) is 49.8 Å². The number of carbonyl (C=O) groups is 1. The van der Waals surface area contributed by atoms with E-state index < -0.39 is 18.0 Å². The lowest BCUT2D eigenvalue weighted by molar-refractivity contribution is -0.147. The van der Waals surface area contributed by atoms with Crippen LogP contribution in [0.3, 0.4) is 0 Å². The molecule has 116 valence electrons. The summed E-state index contributed by atoms with van der Waals surface area (Å²) in [6.45, 7) is 0.647. The Balaban J connectivity index is 2.01. The van der Waals surface area contributed by atoms with E-state index in [1.54, 1.807) is 19.1 Å². The molecule has 1 heterocycles. The molecule has 1 unspecified atom stereocenters. The second-order valence-electron chi connectivity index (χ2n) is 5.47. The number of carboxylic acids is 1. The van der Waals surface area contributed by atoms with Crippen LogP contribution in [0.4, 0.5) is 8.78 Å². The molecule has 1 saturated heterocycles. The fourth-order valence-electron chi connectivity index (χ4n) is 2.46. The van der Waals surface area contributed by atoms with E-state index in [9.17, 15) is 18.7 Å². The van der Waals surface area contributed by atoms with Gasteiger partial charge in [-0.1, -0.05) is 6.07 Å². The van der Waals surface area contributed by atoms with Crippen molar-refractivity contribution in [2.24, 2.45) is 5.41 Å². The molecule has 0 amide bonds. The van der Waals surface area contributed by atoms with Crippen LogP contribution in [-0.2, 0) is 11.3 Å². The zero-order chi connectivity index (χ0) is 15.6. The van der Waals surface area contributed by atoms with E-state index in [4.69, 9.17) is 0 Å². The zero-order valence-electron chi connectivity index (χ0n) is 11.5. The number of hydrogen-bond acceptors (Lipinski definition) is 3.